The molecule has 3 aromatic carbocycles. The summed E-state index contributed by atoms with van der Waals surface area (Å²) in [5, 5.41) is 17.4. The summed E-state index contributed by atoms with van der Waals surface area (Å²) in [6.45, 7) is 5.01. The monoisotopic (exact) mass is 553 g/mol. The van der Waals surface area contributed by atoms with Crippen LogP contribution in [0.2, 0.25) is 0 Å². The lowest BCUT2D eigenvalue weighted by molar-refractivity contribution is -0.115. The smallest absolute Gasteiger partial charge is 0.228 e. The highest BCUT2D eigenvalue weighted by Crippen LogP contribution is 2.32. The third-order valence-electron chi connectivity index (χ3n) is 6.55. The fraction of sp³-hybridized carbons (Fsp3) is 0.194. The summed E-state index contributed by atoms with van der Waals surface area (Å²) in [4.78, 5) is 20.1. The van der Waals surface area contributed by atoms with Crippen molar-refractivity contribution in [3.63, 3.8) is 0 Å². The lowest BCUT2D eigenvalue weighted by Crippen LogP contribution is -2.25. The molecule has 2 aromatic heterocycles. The summed E-state index contributed by atoms with van der Waals surface area (Å²) in [7, 11) is 0. The molecule has 0 saturated heterocycles. The number of tetrazole rings is 1. The van der Waals surface area contributed by atoms with Crippen molar-refractivity contribution < 1.29 is 13.6 Å². The van der Waals surface area contributed by atoms with E-state index in [-0.39, 0.29) is 18.1 Å². The van der Waals surface area contributed by atoms with Crippen molar-refractivity contribution in [1.29, 1.82) is 0 Å². The van der Waals surface area contributed by atoms with Gasteiger partial charge in [0.15, 0.2) is 0 Å². The number of hydrogen-bond donors (Lipinski definition) is 2. The van der Waals surface area contributed by atoms with Crippen LogP contribution in [0.4, 0.5) is 20.3 Å². The molecule has 10 heteroatoms. The summed E-state index contributed by atoms with van der Waals surface area (Å²) in [6.07, 6.45) is 0.716. The zero-order chi connectivity index (χ0) is 28.8. The third-order valence-corrected chi connectivity index (χ3v) is 6.55. The van der Waals surface area contributed by atoms with Crippen LogP contribution in [0.15, 0.2) is 78.9 Å². The minimum Gasteiger partial charge on any atom is -0.352 e. The van der Waals surface area contributed by atoms with Gasteiger partial charge in [0.2, 0.25) is 11.7 Å². The van der Waals surface area contributed by atoms with E-state index in [0.29, 0.717) is 47.2 Å². The number of pyridine rings is 1. The molecule has 2 heterocycles. The molecule has 5 rings (SSSR count). The number of halogens is 2. The molecule has 0 saturated carbocycles. The predicted octanol–water partition coefficient (Wildman–Crippen LogP) is 6.11. The molecule has 2 N–H and O–H groups in total. The van der Waals surface area contributed by atoms with Crippen LogP contribution in [0.3, 0.4) is 0 Å². The van der Waals surface area contributed by atoms with Crippen LogP contribution in [0, 0.1) is 18.6 Å². The zero-order valence-electron chi connectivity index (χ0n) is 22.7. The van der Waals surface area contributed by atoms with E-state index in [4.69, 9.17) is 4.98 Å². The van der Waals surface area contributed by atoms with E-state index in [9.17, 15) is 13.6 Å². The number of carbonyl (C=O) groups is 1. The van der Waals surface area contributed by atoms with E-state index in [1.54, 1.807) is 43.3 Å². The molecule has 0 aliphatic carbocycles. The fourth-order valence-corrected chi connectivity index (χ4v) is 4.59. The maximum Gasteiger partial charge on any atom is 0.228 e. The number of H-pyrrole nitrogens is 1. The molecule has 0 fully saturated rings. The quantitative estimate of drug-likeness (QED) is 0.216. The van der Waals surface area contributed by atoms with E-state index in [1.165, 1.54) is 18.2 Å². The highest BCUT2D eigenvalue weighted by molar-refractivity contribution is 5.94. The van der Waals surface area contributed by atoms with Crippen LogP contribution in [0.25, 0.3) is 22.6 Å². The summed E-state index contributed by atoms with van der Waals surface area (Å²) in [5.41, 5.74) is 4.56. The number of nitrogens with zero attached hydrogens (tertiary/aromatic N) is 5. The first kappa shape index (κ1) is 27.6. The van der Waals surface area contributed by atoms with Gasteiger partial charge >= 0.3 is 0 Å². The predicted molar refractivity (Wildman–Crippen MR) is 154 cm³/mol. The summed E-state index contributed by atoms with van der Waals surface area (Å²) < 4.78 is 28.0. The van der Waals surface area contributed by atoms with Gasteiger partial charge in [-0.1, -0.05) is 55.5 Å². The normalized spacial score (nSPS) is 10.9. The van der Waals surface area contributed by atoms with Gasteiger partial charge in [0.1, 0.15) is 17.5 Å². The Balaban J connectivity index is 1.54. The Morgan fingerprint density at radius 2 is 1.76 bits per heavy atom. The molecule has 0 aliphatic heterocycles. The van der Waals surface area contributed by atoms with E-state index in [2.05, 4.69) is 37.8 Å². The van der Waals surface area contributed by atoms with Gasteiger partial charge in [-0.2, -0.15) is 5.21 Å². The van der Waals surface area contributed by atoms with Crippen LogP contribution >= 0.6 is 0 Å². The van der Waals surface area contributed by atoms with Gasteiger partial charge in [0.25, 0.3) is 0 Å². The molecule has 0 unspecified atom stereocenters. The molecular formula is C31H29F2N7O. The number of hydrogen-bond acceptors (Lipinski definition) is 6. The number of aromatic amines is 1. The second kappa shape index (κ2) is 12.5. The number of aromatic nitrogens is 5. The van der Waals surface area contributed by atoms with Crippen LogP contribution in [0.1, 0.15) is 30.0 Å². The Labute approximate surface area is 236 Å². The van der Waals surface area contributed by atoms with Crippen LogP contribution in [-0.2, 0) is 17.8 Å². The maximum absolute atomic E-state index is 14.5. The Bertz CT molecular complexity index is 1640. The molecule has 41 heavy (non-hydrogen) atoms. The molecule has 0 spiro atoms. The second-order valence-corrected chi connectivity index (χ2v) is 9.75. The number of amides is 1. The molecule has 208 valence electrons. The highest BCUT2D eigenvalue weighted by atomic mass is 19.1. The van der Waals surface area contributed by atoms with Crippen molar-refractivity contribution in [2.45, 2.75) is 33.2 Å². The van der Waals surface area contributed by atoms with Gasteiger partial charge < -0.3 is 10.2 Å². The third kappa shape index (κ3) is 6.78. The van der Waals surface area contributed by atoms with Crippen molar-refractivity contribution in [3.05, 3.63) is 107 Å². The number of carbonyl (C=O) groups excluding carboxylic acids is 1. The summed E-state index contributed by atoms with van der Waals surface area (Å²) >= 11 is 0. The molecule has 0 radical (unpaired) electrons. The van der Waals surface area contributed by atoms with Gasteiger partial charge in [-0.3, -0.25) is 4.79 Å². The topological polar surface area (TPSA) is 99.7 Å². The van der Waals surface area contributed by atoms with E-state index >= 15 is 0 Å². The fourth-order valence-electron chi connectivity index (χ4n) is 4.59. The number of anilines is 2. The number of benzene rings is 3. The Kier molecular flexibility index (Phi) is 8.38. The minimum atomic E-state index is -0.418. The van der Waals surface area contributed by atoms with E-state index < -0.39 is 5.82 Å². The van der Waals surface area contributed by atoms with Gasteiger partial charge in [-0.15, -0.1) is 10.2 Å². The largest absolute Gasteiger partial charge is 0.352 e. The van der Waals surface area contributed by atoms with Gasteiger partial charge in [0.05, 0.1) is 12.1 Å². The van der Waals surface area contributed by atoms with Crippen LogP contribution in [0.5, 0.6) is 0 Å². The first-order chi connectivity index (χ1) is 19.9. The van der Waals surface area contributed by atoms with E-state index in [1.807, 2.05) is 24.3 Å². The van der Waals surface area contributed by atoms with Crippen molar-refractivity contribution in [1.82, 2.24) is 25.6 Å². The molecule has 0 atom stereocenters. The van der Waals surface area contributed by atoms with Crippen molar-refractivity contribution in [2.75, 3.05) is 16.8 Å². The lowest BCUT2D eigenvalue weighted by Gasteiger charge is -2.25. The van der Waals surface area contributed by atoms with Crippen LogP contribution in [-0.4, -0.2) is 38.1 Å². The molecule has 1 amide bonds. The standard InChI is InChI=1S/C31H29F2N7O/c1-3-14-40(19-21-9-12-23(32)13-10-21)29-18-24(34-30(41)16-22-11-8-20(2)15-27(22)33)17-28(35-29)25-6-4-5-7-26(25)31-36-38-39-37-31/h4-13,15,17-18H,3,14,16,19H2,1-2H3,(H,34,35,41)(H,36,37,38,39). The second-order valence-electron chi connectivity index (χ2n) is 9.75. The molecule has 5 aromatic rings. The molecule has 0 aliphatic rings. The Morgan fingerprint density at radius 3 is 2.46 bits per heavy atom. The highest BCUT2D eigenvalue weighted by Gasteiger charge is 2.18. The average molecular weight is 554 g/mol. The molecule has 0 bridgehead atoms. The number of aryl methyl sites for hydroxylation is 1. The van der Waals surface area contributed by atoms with Crippen LogP contribution < -0.4 is 10.2 Å². The van der Waals surface area contributed by atoms with Gasteiger partial charge in [0, 0.05) is 36.0 Å². The summed E-state index contributed by atoms with van der Waals surface area (Å²) in [5.74, 6) is -0.0519. The first-order valence-corrected chi connectivity index (χ1v) is 13.3. The number of rotatable bonds is 10. The zero-order valence-corrected chi connectivity index (χ0v) is 22.7. The molecular weight excluding hydrogens is 524 g/mol. The first-order valence-electron chi connectivity index (χ1n) is 13.3. The average Bonchev–Trinajstić information content (AvgIpc) is 3.50. The van der Waals surface area contributed by atoms with Crippen molar-refractivity contribution >= 4 is 17.4 Å². The maximum atomic E-state index is 14.5. The minimum absolute atomic E-state index is 0.118. The van der Waals surface area contributed by atoms with Crippen molar-refractivity contribution in [2.24, 2.45) is 0 Å². The van der Waals surface area contributed by atoms with Crippen molar-refractivity contribution in [3.8, 4) is 22.6 Å². The van der Waals surface area contributed by atoms with E-state index in [0.717, 1.165) is 23.1 Å². The summed E-state index contributed by atoms with van der Waals surface area (Å²) in [6, 6.07) is 22.3. The van der Waals surface area contributed by atoms with Gasteiger partial charge in [-0.25, -0.2) is 13.8 Å². The SMILES string of the molecule is CCCN(Cc1ccc(F)cc1)c1cc(NC(=O)Cc2ccc(C)cc2F)cc(-c2ccccc2-c2nn[nH]n2)n1. The molecule has 8 nitrogen and oxygen atoms in total. The number of nitrogens with one attached hydrogen (secondary N) is 2. The lowest BCUT2D eigenvalue weighted by atomic mass is 10.0. The Morgan fingerprint density at radius 1 is 0.976 bits per heavy atom. The van der Waals surface area contributed by atoms with Gasteiger partial charge in [-0.05, 0) is 59.5 Å². The Hall–Kier alpha value is -4.99.